The number of hydrogen-bond donors (Lipinski definition) is 1. The molecule has 0 unspecified atom stereocenters. The Bertz CT molecular complexity index is 584. The zero-order valence-corrected chi connectivity index (χ0v) is 11.7. The number of nitrogens with one attached hydrogen (secondary N) is 1. The number of pyridine rings is 1. The van der Waals surface area contributed by atoms with E-state index < -0.39 is 10.0 Å². The summed E-state index contributed by atoms with van der Waals surface area (Å²) >= 11 is 0. The van der Waals surface area contributed by atoms with Crippen LogP contribution in [0.15, 0.2) is 23.2 Å². The molecule has 1 saturated carbocycles. The van der Waals surface area contributed by atoms with E-state index in [2.05, 4.69) is 16.6 Å². The summed E-state index contributed by atoms with van der Waals surface area (Å²) in [6.07, 6.45) is 5.18. The molecule has 0 amide bonds. The van der Waals surface area contributed by atoms with Gasteiger partial charge in [0.05, 0.1) is 0 Å². The summed E-state index contributed by atoms with van der Waals surface area (Å²) in [5, 5.41) is 8.92. The third-order valence-electron chi connectivity index (χ3n) is 3.50. The van der Waals surface area contributed by atoms with Crippen LogP contribution >= 0.6 is 0 Å². The van der Waals surface area contributed by atoms with Gasteiger partial charge in [-0.3, -0.25) is 0 Å². The van der Waals surface area contributed by atoms with Crippen LogP contribution in [0.3, 0.4) is 0 Å². The van der Waals surface area contributed by atoms with Gasteiger partial charge < -0.3 is 0 Å². The second-order valence-electron chi connectivity index (χ2n) is 5.04. The SMILES string of the molecule is CC1CCC(NS(=O)(=O)c2cccnc2C#N)CC1. The highest BCUT2D eigenvalue weighted by Crippen LogP contribution is 2.25. The lowest BCUT2D eigenvalue weighted by Gasteiger charge is -2.26. The van der Waals surface area contributed by atoms with Crippen LogP contribution in [0.25, 0.3) is 0 Å². The van der Waals surface area contributed by atoms with Crippen molar-refractivity contribution in [3.8, 4) is 6.07 Å². The Labute approximate surface area is 113 Å². The van der Waals surface area contributed by atoms with Gasteiger partial charge in [0.25, 0.3) is 0 Å². The van der Waals surface area contributed by atoms with E-state index in [9.17, 15) is 8.42 Å². The average Bonchev–Trinajstić information content (AvgIpc) is 2.41. The molecule has 0 saturated heterocycles. The number of hydrogen-bond acceptors (Lipinski definition) is 4. The second-order valence-corrected chi connectivity index (χ2v) is 6.72. The molecular weight excluding hydrogens is 262 g/mol. The quantitative estimate of drug-likeness (QED) is 0.914. The topological polar surface area (TPSA) is 82.8 Å². The number of nitriles is 1. The average molecular weight is 279 g/mol. The van der Waals surface area contributed by atoms with Crippen LogP contribution in [-0.4, -0.2) is 19.4 Å². The molecule has 1 heterocycles. The third kappa shape index (κ3) is 3.31. The van der Waals surface area contributed by atoms with Gasteiger partial charge in [0.15, 0.2) is 5.69 Å². The highest BCUT2D eigenvalue weighted by molar-refractivity contribution is 7.89. The molecule has 1 aromatic rings. The van der Waals surface area contributed by atoms with Gasteiger partial charge in [0, 0.05) is 12.2 Å². The van der Waals surface area contributed by atoms with E-state index in [1.807, 2.05) is 6.07 Å². The number of sulfonamides is 1. The van der Waals surface area contributed by atoms with Crippen molar-refractivity contribution < 1.29 is 8.42 Å². The summed E-state index contributed by atoms with van der Waals surface area (Å²) in [5.74, 6) is 0.661. The molecule has 0 aliphatic heterocycles. The van der Waals surface area contributed by atoms with Crippen molar-refractivity contribution in [2.75, 3.05) is 0 Å². The highest BCUT2D eigenvalue weighted by Gasteiger charge is 2.26. The Hall–Kier alpha value is -1.45. The van der Waals surface area contributed by atoms with E-state index in [1.54, 1.807) is 0 Å². The first-order valence-corrected chi connectivity index (χ1v) is 7.88. The summed E-state index contributed by atoms with van der Waals surface area (Å²) in [6, 6.07) is 4.72. The molecule has 0 atom stereocenters. The third-order valence-corrected chi connectivity index (χ3v) is 5.06. The predicted molar refractivity (Wildman–Crippen MR) is 70.7 cm³/mol. The first kappa shape index (κ1) is 14.0. The molecule has 0 aromatic carbocycles. The molecule has 102 valence electrons. The van der Waals surface area contributed by atoms with Crippen LogP contribution in [0.4, 0.5) is 0 Å². The molecular formula is C13H17N3O2S. The monoisotopic (exact) mass is 279 g/mol. The fourth-order valence-corrected chi connectivity index (χ4v) is 3.76. The summed E-state index contributed by atoms with van der Waals surface area (Å²) in [4.78, 5) is 3.76. The Morgan fingerprint density at radius 1 is 1.37 bits per heavy atom. The maximum Gasteiger partial charge on any atom is 0.243 e. The van der Waals surface area contributed by atoms with E-state index in [-0.39, 0.29) is 16.6 Å². The van der Waals surface area contributed by atoms with Gasteiger partial charge in [-0.25, -0.2) is 18.1 Å². The maximum atomic E-state index is 12.3. The van der Waals surface area contributed by atoms with Crippen molar-refractivity contribution in [2.45, 2.75) is 43.5 Å². The molecule has 1 fully saturated rings. The fraction of sp³-hybridized carbons (Fsp3) is 0.538. The molecule has 1 aliphatic rings. The summed E-state index contributed by atoms with van der Waals surface area (Å²) in [7, 11) is -3.66. The molecule has 1 aromatic heterocycles. The first-order chi connectivity index (χ1) is 9.03. The summed E-state index contributed by atoms with van der Waals surface area (Å²) in [6.45, 7) is 2.18. The fourth-order valence-electron chi connectivity index (χ4n) is 2.35. The molecule has 2 rings (SSSR count). The molecule has 0 spiro atoms. The van der Waals surface area contributed by atoms with E-state index >= 15 is 0 Å². The number of rotatable bonds is 3. The number of aromatic nitrogens is 1. The van der Waals surface area contributed by atoms with Crippen LogP contribution in [0.5, 0.6) is 0 Å². The lowest BCUT2D eigenvalue weighted by molar-refractivity contribution is 0.332. The van der Waals surface area contributed by atoms with E-state index in [0.717, 1.165) is 25.7 Å². The second kappa shape index (κ2) is 5.68. The minimum atomic E-state index is -3.66. The van der Waals surface area contributed by atoms with Gasteiger partial charge in [-0.05, 0) is 43.7 Å². The lowest BCUT2D eigenvalue weighted by atomic mass is 9.88. The standard InChI is InChI=1S/C13H17N3O2S/c1-10-4-6-11(7-5-10)16-19(17,18)13-3-2-8-15-12(13)9-14/h2-3,8,10-11,16H,4-7H2,1H3. The smallest absolute Gasteiger partial charge is 0.243 e. The maximum absolute atomic E-state index is 12.3. The first-order valence-electron chi connectivity index (χ1n) is 6.40. The van der Waals surface area contributed by atoms with E-state index in [4.69, 9.17) is 5.26 Å². The summed E-state index contributed by atoms with van der Waals surface area (Å²) in [5.41, 5.74) is -0.0563. The molecule has 19 heavy (non-hydrogen) atoms. The Balaban J connectivity index is 2.17. The zero-order chi connectivity index (χ0) is 13.9. The normalized spacial score (nSPS) is 23.8. The highest BCUT2D eigenvalue weighted by atomic mass is 32.2. The molecule has 1 N–H and O–H groups in total. The van der Waals surface area contributed by atoms with Crippen molar-refractivity contribution in [3.63, 3.8) is 0 Å². The van der Waals surface area contributed by atoms with Crippen molar-refractivity contribution in [3.05, 3.63) is 24.0 Å². The molecule has 1 aliphatic carbocycles. The van der Waals surface area contributed by atoms with Gasteiger partial charge in [-0.15, -0.1) is 0 Å². The molecule has 6 heteroatoms. The zero-order valence-electron chi connectivity index (χ0n) is 10.8. The van der Waals surface area contributed by atoms with Gasteiger partial charge in [0.2, 0.25) is 10.0 Å². The van der Waals surface area contributed by atoms with Crippen LogP contribution < -0.4 is 4.72 Å². The lowest BCUT2D eigenvalue weighted by Crippen LogP contribution is -2.37. The van der Waals surface area contributed by atoms with E-state index in [1.165, 1.54) is 18.3 Å². The van der Waals surface area contributed by atoms with Crippen molar-refractivity contribution in [2.24, 2.45) is 5.92 Å². The van der Waals surface area contributed by atoms with Gasteiger partial charge in [0.1, 0.15) is 11.0 Å². The Kier molecular flexibility index (Phi) is 4.17. The van der Waals surface area contributed by atoms with Crippen molar-refractivity contribution in [1.82, 2.24) is 9.71 Å². The Morgan fingerprint density at radius 3 is 2.68 bits per heavy atom. The van der Waals surface area contributed by atoms with Crippen LogP contribution in [0.1, 0.15) is 38.3 Å². The molecule has 0 bridgehead atoms. The van der Waals surface area contributed by atoms with Crippen molar-refractivity contribution in [1.29, 1.82) is 5.26 Å². The van der Waals surface area contributed by atoms with Crippen LogP contribution in [-0.2, 0) is 10.0 Å². The largest absolute Gasteiger partial charge is 0.244 e. The predicted octanol–water partition coefficient (Wildman–Crippen LogP) is 1.81. The molecule has 5 nitrogen and oxygen atoms in total. The van der Waals surface area contributed by atoms with Gasteiger partial charge in [-0.1, -0.05) is 6.92 Å². The van der Waals surface area contributed by atoms with Gasteiger partial charge in [-0.2, -0.15) is 5.26 Å². The molecule has 0 radical (unpaired) electrons. The minimum Gasteiger partial charge on any atom is -0.244 e. The van der Waals surface area contributed by atoms with Crippen LogP contribution in [0, 0.1) is 17.2 Å². The van der Waals surface area contributed by atoms with Gasteiger partial charge >= 0.3 is 0 Å². The number of nitrogens with zero attached hydrogens (tertiary/aromatic N) is 2. The van der Waals surface area contributed by atoms with Crippen LogP contribution in [0.2, 0.25) is 0 Å². The van der Waals surface area contributed by atoms with E-state index in [0.29, 0.717) is 5.92 Å². The summed E-state index contributed by atoms with van der Waals surface area (Å²) < 4.78 is 27.2. The Morgan fingerprint density at radius 2 is 2.05 bits per heavy atom. The minimum absolute atomic E-state index is 0.0314. The van der Waals surface area contributed by atoms with Crippen molar-refractivity contribution >= 4 is 10.0 Å².